The Morgan fingerprint density at radius 3 is 2.82 bits per heavy atom. The van der Waals surface area contributed by atoms with Crippen LogP contribution in [0, 0.1) is 12.8 Å². The molecule has 2 rings (SSSR count). The lowest BCUT2D eigenvalue weighted by Gasteiger charge is -2.22. The highest BCUT2D eigenvalue weighted by atomic mass is 79.9. The molecule has 0 amide bonds. The van der Waals surface area contributed by atoms with Gasteiger partial charge in [-0.05, 0) is 78.8 Å². The third-order valence-corrected chi connectivity index (χ3v) is 3.95. The minimum Gasteiger partial charge on any atom is -0.492 e. The van der Waals surface area contributed by atoms with E-state index in [9.17, 15) is 0 Å². The summed E-state index contributed by atoms with van der Waals surface area (Å²) in [7, 11) is 0. The topological polar surface area (TPSA) is 21.3 Å². The maximum Gasteiger partial charge on any atom is 0.133 e. The van der Waals surface area contributed by atoms with Gasteiger partial charge in [-0.1, -0.05) is 6.07 Å². The number of benzene rings is 1. The van der Waals surface area contributed by atoms with Gasteiger partial charge in [0.15, 0.2) is 0 Å². The molecule has 1 fully saturated rings. The summed E-state index contributed by atoms with van der Waals surface area (Å²) >= 11 is 3.54. The summed E-state index contributed by atoms with van der Waals surface area (Å²) < 4.78 is 6.89. The van der Waals surface area contributed by atoms with Crippen molar-refractivity contribution in [2.45, 2.75) is 26.2 Å². The van der Waals surface area contributed by atoms with Crippen LogP contribution in [-0.2, 0) is 0 Å². The average molecular weight is 298 g/mol. The Balaban J connectivity index is 1.77. The summed E-state index contributed by atoms with van der Waals surface area (Å²) in [6.07, 6.45) is 3.75. The molecule has 1 saturated heterocycles. The summed E-state index contributed by atoms with van der Waals surface area (Å²) in [6.45, 7) is 5.24. The first-order valence-corrected chi connectivity index (χ1v) is 7.14. The van der Waals surface area contributed by atoms with Gasteiger partial charge in [0.05, 0.1) is 11.1 Å². The third-order valence-electron chi connectivity index (χ3n) is 3.33. The summed E-state index contributed by atoms with van der Waals surface area (Å²) in [5, 5.41) is 3.39. The number of hydrogen-bond donors (Lipinski definition) is 1. The van der Waals surface area contributed by atoms with Gasteiger partial charge < -0.3 is 10.1 Å². The van der Waals surface area contributed by atoms with Crippen LogP contribution in [-0.4, -0.2) is 19.7 Å². The highest BCUT2D eigenvalue weighted by molar-refractivity contribution is 9.10. The maximum atomic E-state index is 5.83. The van der Waals surface area contributed by atoms with Crippen LogP contribution in [0.4, 0.5) is 0 Å². The van der Waals surface area contributed by atoms with Crippen molar-refractivity contribution in [3.63, 3.8) is 0 Å². The molecule has 0 bridgehead atoms. The van der Waals surface area contributed by atoms with Crippen molar-refractivity contribution in [3.05, 3.63) is 28.2 Å². The predicted molar refractivity (Wildman–Crippen MR) is 74.6 cm³/mol. The Morgan fingerprint density at radius 1 is 1.35 bits per heavy atom. The quantitative estimate of drug-likeness (QED) is 0.918. The van der Waals surface area contributed by atoms with Gasteiger partial charge in [-0.3, -0.25) is 0 Å². The van der Waals surface area contributed by atoms with Crippen molar-refractivity contribution in [1.82, 2.24) is 5.32 Å². The van der Waals surface area contributed by atoms with E-state index in [0.717, 1.165) is 22.7 Å². The minimum absolute atomic E-state index is 0.826. The van der Waals surface area contributed by atoms with E-state index in [1.54, 1.807) is 0 Å². The zero-order valence-electron chi connectivity index (χ0n) is 10.3. The fraction of sp³-hybridized carbons (Fsp3) is 0.571. The van der Waals surface area contributed by atoms with Gasteiger partial charge in [-0.15, -0.1) is 0 Å². The standard InChI is InChI=1S/C14H20BrNO/c1-11-2-3-14(13(15)10-11)17-9-6-12-4-7-16-8-5-12/h2-3,10,12,16H,4-9H2,1H3. The summed E-state index contributed by atoms with van der Waals surface area (Å²) in [6, 6.07) is 6.23. The van der Waals surface area contributed by atoms with Crippen LogP contribution in [0.5, 0.6) is 5.75 Å². The number of ether oxygens (including phenoxy) is 1. The zero-order chi connectivity index (χ0) is 12.1. The second kappa shape index (κ2) is 6.41. The van der Waals surface area contributed by atoms with Crippen molar-refractivity contribution >= 4 is 15.9 Å². The molecule has 2 nitrogen and oxygen atoms in total. The molecule has 1 aromatic rings. The zero-order valence-corrected chi connectivity index (χ0v) is 11.9. The Labute approximate surface area is 112 Å². The summed E-state index contributed by atoms with van der Waals surface area (Å²) in [5.74, 6) is 1.80. The summed E-state index contributed by atoms with van der Waals surface area (Å²) in [4.78, 5) is 0. The fourth-order valence-corrected chi connectivity index (χ4v) is 2.84. The normalized spacial score (nSPS) is 17.1. The van der Waals surface area contributed by atoms with Gasteiger partial charge in [0.25, 0.3) is 0 Å². The lowest BCUT2D eigenvalue weighted by atomic mass is 9.95. The predicted octanol–water partition coefficient (Wildman–Crippen LogP) is 3.53. The monoisotopic (exact) mass is 297 g/mol. The molecule has 94 valence electrons. The second-order valence-corrected chi connectivity index (χ2v) is 5.62. The molecule has 1 aromatic carbocycles. The van der Waals surface area contributed by atoms with Crippen LogP contribution in [0.15, 0.2) is 22.7 Å². The van der Waals surface area contributed by atoms with Crippen LogP contribution in [0.3, 0.4) is 0 Å². The second-order valence-electron chi connectivity index (χ2n) is 4.76. The number of nitrogens with one attached hydrogen (secondary N) is 1. The van der Waals surface area contributed by atoms with Crippen molar-refractivity contribution < 1.29 is 4.74 Å². The number of hydrogen-bond acceptors (Lipinski definition) is 2. The Kier molecular flexibility index (Phi) is 4.86. The Bertz CT molecular complexity index is 361. The van der Waals surface area contributed by atoms with Crippen LogP contribution in [0.1, 0.15) is 24.8 Å². The molecule has 0 aliphatic carbocycles. The smallest absolute Gasteiger partial charge is 0.133 e. The van der Waals surface area contributed by atoms with Gasteiger partial charge in [-0.25, -0.2) is 0 Å². The van der Waals surface area contributed by atoms with Gasteiger partial charge in [0.1, 0.15) is 5.75 Å². The van der Waals surface area contributed by atoms with Gasteiger partial charge >= 0.3 is 0 Å². The molecule has 0 spiro atoms. The molecule has 1 N–H and O–H groups in total. The molecular weight excluding hydrogens is 278 g/mol. The van der Waals surface area contributed by atoms with E-state index in [0.29, 0.717) is 0 Å². The van der Waals surface area contributed by atoms with Crippen LogP contribution >= 0.6 is 15.9 Å². The molecule has 3 heteroatoms. The van der Waals surface area contributed by atoms with Crippen molar-refractivity contribution in [1.29, 1.82) is 0 Å². The highest BCUT2D eigenvalue weighted by Gasteiger charge is 2.12. The molecule has 0 radical (unpaired) electrons. The molecule has 17 heavy (non-hydrogen) atoms. The molecular formula is C14H20BrNO. The first-order valence-electron chi connectivity index (χ1n) is 6.35. The van der Waals surface area contributed by atoms with Crippen molar-refractivity contribution in [2.24, 2.45) is 5.92 Å². The fourth-order valence-electron chi connectivity index (χ4n) is 2.23. The first-order chi connectivity index (χ1) is 8.25. The number of halogens is 1. The molecule has 0 aromatic heterocycles. The van der Waals surface area contributed by atoms with Gasteiger partial charge in [-0.2, -0.15) is 0 Å². The SMILES string of the molecule is Cc1ccc(OCCC2CCNCC2)c(Br)c1. The molecule has 0 saturated carbocycles. The minimum atomic E-state index is 0.826. The first kappa shape index (κ1) is 12.9. The Hall–Kier alpha value is -0.540. The maximum absolute atomic E-state index is 5.83. The summed E-state index contributed by atoms with van der Waals surface area (Å²) in [5.41, 5.74) is 1.25. The highest BCUT2D eigenvalue weighted by Crippen LogP contribution is 2.26. The van der Waals surface area contributed by atoms with Gasteiger partial charge in [0, 0.05) is 0 Å². The van der Waals surface area contributed by atoms with Crippen LogP contribution < -0.4 is 10.1 Å². The largest absolute Gasteiger partial charge is 0.492 e. The van der Waals surface area contributed by atoms with E-state index in [1.165, 1.54) is 37.9 Å². The van der Waals surface area contributed by atoms with Crippen LogP contribution in [0.2, 0.25) is 0 Å². The molecule has 0 atom stereocenters. The lowest BCUT2D eigenvalue weighted by Crippen LogP contribution is -2.28. The lowest BCUT2D eigenvalue weighted by molar-refractivity contribution is 0.251. The van der Waals surface area contributed by atoms with E-state index in [4.69, 9.17) is 4.74 Å². The van der Waals surface area contributed by atoms with Crippen molar-refractivity contribution in [2.75, 3.05) is 19.7 Å². The van der Waals surface area contributed by atoms with E-state index >= 15 is 0 Å². The third kappa shape index (κ3) is 4.00. The van der Waals surface area contributed by atoms with E-state index in [1.807, 2.05) is 6.07 Å². The molecule has 0 unspecified atom stereocenters. The molecule has 1 aliphatic heterocycles. The molecule has 1 aliphatic rings. The van der Waals surface area contributed by atoms with Gasteiger partial charge in [0.2, 0.25) is 0 Å². The molecule has 1 heterocycles. The number of rotatable bonds is 4. The van der Waals surface area contributed by atoms with E-state index in [-0.39, 0.29) is 0 Å². The average Bonchev–Trinajstić information content (AvgIpc) is 2.33. The van der Waals surface area contributed by atoms with Crippen LogP contribution in [0.25, 0.3) is 0 Å². The van der Waals surface area contributed by atoms with E-state index in [2.05, 4.69) is 40.3 Å². The number of piperidine rings is 1. The van der Waals surface area contributed by atoms with E-state index < -0.39 is 0 Å². The Morgan fingerprint density at radius 2 is 2.12 bits per heavy atom. The number of aryl methyl sites for hydroxylation is 1. The van der Waals surface area contributed by atoms with Crippen molar-refractivity contribution in [3.8, 4) is 5.75 Å².